The van der Waals surface area contributed by atoms with Crippen LogP contribution in [-0.2, 0) is 9.53 Å². The number of halogens is 1. The van der Waals surface area contributed by atoms with Crippen LogP contribution in [0.5, 0.6) is 0 Å². The van der Waals surface area contributed by atoms with Crippen molar-refractivity contribution >= 4 is 17.5 Å². The van der Waals surface area contributed by atoms with Crippen LogP contribution in [0.3, 0.4) is 0 Å². The number of amides is 1. The first-order chi connectivity index (χ1) is 7.26. The van der Waals surface area contributed by atoms with E-state index in [1.54, 1.807) is 0 Å². The Morgan fingerprint density at radius 2 is 2.20 bits per heavy atom. The van der Waals surface area contributed by atoms with Crippen molar-refractivity contribution in [1.29, 1.82) is 0 Å². The summed E-state index contributed by atoms with van der Waals surface area (Å²) < 4.78 is 5.22. The van der Waals surface area contributed by atoms with E-state index in [0.29, 0.717) is 19.1 Å². The number of carbonyl (C=O) groups excluding carboxylic acids is 1. The van der Waals surface area contributed by atoms with Crippen molar-refractivity contribution < 1.29 is 9.53 Å². The zero-order chi connectivity index (χ0) is 10.7. The fourth-order valence-corrected chi connectivity index (χ4v) is 2.78. The Morgan fingerprint density at radius 1 is 1.47 bits per heavy atom. The van der Waals surface area contributed by atoms with E-state index in [1.807, 2.05) is 0 Å². The molecule has 1 amide bonds. The number of carbonyl (C=O) groups is 1. The summed E-state index contributed by atoms with van der Waals surface area (Å²) in [6, 6.07) is 0. The molecule has 86 valence electrons. The summed E-state index contributed by atoms with van der Waals surface area (Å²) in [5, 5.41) is 3.13. The third kappa shape index (κ3) is 2.45. The van der Waals surface area contributed by atoms with Crippen LogP contribution < -0.4 is 5.32 Å². The smallest absolute Gasteiger partial charge is 0.225 e. The van der Waals surface area contributed by atoms with E-state index < -0.39 is 0 Å². The zero-order valence-corrected chi connectivity index (χ0v) is 9.68. The van der Waals surface area contributed by atoms with E-state index in [-0.39, 0.29) is 17.4 Å². The van der Waals surface area contributed by atoms with Crippen molar-refractivity contribution in [3.8, 4) is 0 Å². The highest BCUT2D eigenvalue weighted by molar-refractivity contribution is 6.18. The first-order valence-corrected chi connectivity index (χ1v) is 6.25. The maximum atomic E-state index is 11.9. The van der Waals surface area contributed by atoms with E-state index in [0.717, 1.165) is 19.3 Å². The Balaban J connectivity index is 1.91. The van der Waals surface area contributed by atoms with E-state index in [4.69, 9.17) is 16.3 Å². The van der Waals surface area contributed by atoms with Crippen molar-refractivity contribution in [1.82, 2.24) is 5.32 Å². The lowest BCUT2D eigenvalue weighted by Gasteiger charge is -2.29. The zero-order valence-electron chi connectivity index (χ0n) is 8.93. The van der Waals surface area contributed by atoms with Gasteiger partial charge in [-0.1, -0.05) is 12.8 Å². The Bertz CT molecular complexity index is 233. The second kappa shape index (κ2) is 4.71. The van der Waals surface area contributed by atoms with Gasteiger partial charge in [0.2, 0.25) is 5.91 Å². The third-order valence-electron chi connectivity index (χ3n) is 3.51. The highest BCUT2D eigenvalue weighted by atomic mass is 35.5. The summed E-state index contributed by atoms with van der Waals surface area (Å²) in [5.41, 5.74) is -0.124. The van der Waals surface area contributed by atoms with Gasteiger partial charge in [-0.2, -0.15) is 0 Å². The molecule has 1 atom stereocenters. The Labute approximate surface area is 95.5 Å². The third-order valence-corrected chi connectivity index (χ3v) is 4.02. The average Bonchev–Trinajstić information content (AvgIpc) is 2.88. The van der Waals surface area contributed by atoms with Crippen LogP contribution >= 0.6 is 11.6 Å². The number of hydrogen-bond donors (Lipinski definition) is 1. The van der Waals surface area contributed by atoms with Gasteiger partial charge in [-0.05, 0) is 19.3 Å². The Hall–Kier alpha value is -0.280. The molecule has 0 aromatic heterocycles. The van der Waals surface area contributed by atoms with Gasteiger partial charge in [-0.15, -0.1) is 11.6 Å². The van der Waals surface area contributed by atoms with Crippen molar-refractivity contribution in [2.45, 2.75) is 37.6 Å². The minimum absolute atomic E-state index is 0.0469. The molecule has 0 bridgehead atoms. The molecule has 0 aromatic carbocycles. The molecule has 2 rings (SSSR count). The van der Waals surface area contributed by atoms with Gasteiger partial charge in [-0.25, -0.2) is 0 Å². The first kappa shape index (κ1) is 11.2. The van der Waals surface area contributed by atoms with Gasteiger partial charge in [0, 0.05) is 12.5 Å². The van der Waals surface area contributed by atoms with Crippen molar-refractivity contribution in [2.24, 2.45) is 5.92 Å². The number of rotatable bonds is 3. The number of alkyl halides is 1. The molecule has 1 aliphatic carbocycles. The molecule has 1 saturated carbocycles. The average molecular weight is 232 g/mol. The lowest BCUT2D eigenvalue weighted by molar-refractivity contribution is -0.126. The lowest BCUT2D eigenvalue weighted by atomic mass is 9.98. The second-order valence-electron chi connectivity index (χ2n) is 4.67. The maximum absolute atomic E-state index is 11.9. The lowest BCUT2D eigenvalue weighted by Crippen LogP contribution is -2.50. The van der Waals surface area contributed by atoms with Gasteiger partial charge in [-0.3, -0.25) is 4.79 Å². The predicted octanol–water partition coefficient (Wildman–Crippen LogP) is 1.69. The van der Waals surface area contributed by atoms with Gasteiger partial charge in [0.1, 0.15) is 0 Å². The standard InChI is InChI=1S/C11H18ClNO2/c12-8-11(4-1-2-5-11)13-10(14)9-3-6-15-7-9/h9H,1-8H2,(H,13,14). The predicted molar refractivity (Wildman–Crippen MR) is 59.0 cm³/mol. The normalized spacial score (nSPS) is 29.3. The van der Waals surface area contributed by atoms with Crippen LogP contribution in [0, 0.1) is 5.92 Å². The Morgan fingerprint density at radius 3 is 2.73 bits per heavy atom. The fraction of sp³-hybridized carbons (Fsp3) is 0.909. The molecule has 0 aromatic rings. The van der Waals surface area contributed by atoms with Crippen LogP contribution in [0.25, 0.3) is 0 Å². The highest BCUT2D eigenvalue weighted by Crippen LogP contribution is 2.31. The van der Waals surface area contributed by atoms with E-state index in [9.17, 15) is 4.79 Å². The van der Waals surface area contributed by atoms with Gasteiger partial charge in [0.25, 0.3) is 0 Å². The summed E-state index contributed by atoms with van der Waals surface area (Å²) in [7, 11) is 0. The minimum Gasteiger partial charge on any atom is -0.381 e. The van der Waals surface area contributed by atoms with Crippen LogP contribution in [0.15, 0.2) is 0 Å². The molecule has 0 radical (unpaired) electrons. The van der Waals surface area contributed by atoms with Crippen LogP contribution in [0.2, 0.25) is 0 Å². The minimum atomic E-state index is -0.124. The summed E-state index contributed by atoms with van der Waals surface area (Å²) in [6.07, 6.45) is 5.25. The van der Waals surface area contributed by atoms with Crippen molar-refractivity contribution in [3.63, 3.8) is 0 Å². The van der Waals surface area contributed by atoms with Gasteiger partial charge in [0.05, 0.1) is 18.1 Å². The van der Waals surface area contributed by atoms with E-state index in [2.05, 4.69) is 5.32 Å². The summed E-state index contributed by atoms with van der Waals surface area (Å²) >= 11 is 5.97. The van der Waals surface area contributed by atoms with E-state index in [1.165, 1.54) is 12.8 Å². The molecule has 0 spiro atoms. The topological polar surface area (TPSA) is 38.3 Å². The molecule has 1 heterocycles. The van der Waals surface area contributed by atoms with Gasteiger partial charge in [0.15, 0.2) is 0 Å². The largest absolute Gasteiger partial charge is 0.381 e. The Kier molecular flexibility index (Phi) is 3.52. The van der Waals surface area contributed by atoms with Crippen molar-refractivity contribution in [2.75, 3.05) is 19.1 Å². The second-order valence-corrected chi connectivity index (χ2v) is 4.94. The molecular weight excluding hydrogens is 214 g/mol. The van der Waals surface area contributed by atoms with Crippen LogP contribution in [0.1, 0.15) is 32.1 Å². The SMILES string of the molecule is O=C(NC1(CCl)CCCC1)C1CCOC1. The first-order valence-electron chi connectivity index (χ1n) is 5.71. The molecule has 15 heavy (non-hydrogen) atoms. The molecule has 3 nitrogen and oxygen atoms in total. The molecule has 4 heteroatoms. The van der Waals surface area contributed by atoms with Crippen LogP contribution in [0.4, 0.5) is 0 Å². The molecular formula is C11H18ClNO2. The number of hydrogen-bond acceptors (Lipinski definition) is 2. The quantitative estimate of drug-likeness (QED) is 0.751. The highest BCUT2D eigenvalue weighted by Gasteiger charge is 2.36. The molecule has 2 aliphatic rings. The molecule has 2 fully saturated rings. The fourth-order valence-electron chi connectivity index (χ4n) is 2.45. The van der Waals surface area contributed by atoms with Gasteiger partial charge >= 0.3 is 0 Å². The number of nitrogens with one attached hydrogen (secondary N) is 1. The number of ether oxygens (including phenoxy) is 1. The summed E-state index contributed by atoms with van der Waals surface area (Å²) in [4.78, 5) is 11.9. The summed E-state index contributed by atoms with van der Waals surface area (Å²) in [5.74, 6) is 0.715. The maximum Gasteiger partial charge on any atom is 0.225 e. The molecule has 1 unspecified atom stereocenters. The summed E-state index contributed by atoms with van der Waals surface area (Å²) in [6.45, 7) is 1.29. The van der Waals surface area contributed by atoms with Gasteiger partial charge < -0.3 is 10.1 Å². The monoisotopic (exact) mass is 231 g/mol. The molecule has 1 aliphatic heterocycles. The van der Waals surface area contributed by atoms with E-state index >= 15 is 0 Å². The van der Waals surface area contributed by atoms with Crippen molar-refractivity contribution in [3.05, 3.63) is 0 Å². The molecule has 1 N–H and O–H groups in total. The molecule has 1 saturated heterocycles. The van der Waals surface area contributed by atoms with Crippen LogP contribution in [-0.4, -0.2) is 30.5 Å².